The van der Waals surface area contributed by atoms with Crippen LogP contribution in [0.1, 0.15) is 298 Å². The summed E-state index contributed by atoms with van der Waals surface area (Å²) in [6.07, 6.45) is 22.1. The van der Waals surface area contributed by atoms with Crippen LogP contribution in [-0.4, -0.2) is 120 Å². The summed E-state index contributed by atoms with van der Waals surface area (Å²) in [6, 6.07) is 0. The first-order chi connectivity index (χ1) is 46.4. The second-order valence-electron chi connectivity index (χ2n) is 36.8. The van der Waals surface area contributed by atoms with Gasteiger partial charge < -0.3 is 47.4 Å². The highest BCUT2D eigenvalue weighted by Gasteiger charge is 2.64. The van der Waals surface area contributed by atoms with E-state index in [1.807, 2.05) is 118 Å². The van der Waals surface area contributed by atoms with Crippen LogP contribution < -0.4 is 0 Å². The standard InChI is InChI=1S/C18H28O4.C16H24O4.2C16H26O4.C14H22O4/c1-6-15(2,3)14(20)22-18-8-12-7-16(4,10-18)9-17(5,11-18)21-13(12)19;1-4-15(2,3)14(18)20-16-7-10-5-11(8-16)13(17)19-12(6-10)9-16;1-4-16(2,3)15(18)19-6-5-11-7-12-9-13(8-11)14(17)20-10-12;1-4-16(2,3)15(18)19-6-5-11-7-12-9-13(8-11)20-14(17)10-12;1-5-13(2,3)12(16)17-10-8-9-6-7-14(10,4)18-11(9)15/h12H,6-11H2,1-5H3;10-12H,4-9H2,1-3H3;2*11-13H,4-10H2,1-3H3;9-10H,5-8H2,1-4H3. The van der Waals surface area contributed by atoms with Gasteiger partial charge in [-0.05, 0) is 253 Å². The minimum Gasteiger partial charge on any atom is -0.465 e. The Morgan fingerprint density at radius 2 is 0.970 bits per heavy atom. The Kier molecular flexibility index (Phi) is 25.1. The number of fused-ring (bicyclic) bond motifs is 9. The fraction of sp³-hybridized carbons (Fsp3) is 0.875. The predicted octanol–water partition coefficient (Wildman–Crippen LogP) is 14.9. The number of carbonyl (C=O) groups is 10. The molecule has 0 spiro atoms. The molecule has 15 fully saturated rings. The quantitative estimate of drug-likeness (QED) is 0.0859. The maximum atomic E-state index is 12.6. The van der Waals surface area contributed by atoms with Gasteiger partial charge in [-0.1, -0.05) is 41.5 Å². The van der Waals surface area contributed by atoms with E-state index in [4.69, 9.17) is 47.4 Å². The van der Waals surface area contributed by atoms with Gasteiger partial charge in [0.1, 0.15) is 40.7 Å². The van der Waals surface area contributed by atoms with Gasteiger partial charge in [-0.25, -0.2) is 0 Å². The number of hydrogen-bond acceptors (Lipinski definition) is 20. The van der Waals surface area contributed by atoms with E-state index in [0.717, 1.165) is 135 Å². The molecule has 0 aromatic carbocycles. The van der Waals surface area contributed by atoms with Crippen LogP contribution in [-0.2, 0) is 95.3 Å². The zero-order valence-electron chi connectivity index (χ0n) is 64.3. The average molecular weight is 1410 g/mol. The molecule has 0 amide bonds. The minimum atomic E-state index is -0.620. The zero-order chi connectivity index (χ0) is 74.0. The summed E-state index contributed by atoms with van der Waals surface area (Å²) in [6.45, 7) is 36.7. The summed E-state index contributed by atoms with van der Waals surface area (Å²) in [4.78, 5) is 120. The smallest absolute Gasteiger partial charge is 0.312 e. The molecule has 0 N–H and O–H groups in total. The van der Waals surface area contributed by atoms with Crippen LogP contribution in [0.5, 0.6) is 0 Å². The third kappa shape index (κ3) is 19.5. The molecule has 7 saturated carbocycles. The predicted molar refractivity (Wildman–Crippen MR) is 371 cm³/mol. The summed E-state index contributed by atoms with van der Waals surface area (Å²) in [5, 5.41) is 0. The van der Waals surface area contributed by atoms with Gasteiger partial charge in [0.2, 0.25) is 0 Å². The van der Waals surface area contributed by atoms with Gasteiger partial charge in [0, 0.05) is 38.5 Å². The van der Waals surface area contributed by atoms with E-state index in [9.17, 15) is 47.9 Å². The normalized spacial score (nSPS) is 35.7. The van der Waals surface area contributed by atoms with Crippen LogP contribution in [0.25, 0.3) is 0 Å². The Hall–Kier alpha value is -5.30. The fourth-order valence-electron chi connectivity index (χ4n) is 17.8. The van der Waals surface area contributed by atoms with Gasteiger partial charge >= 0.3 is 59.7 Å². The second-order valence-corrected chi connectivity index (χ2v) is 36.8. The second kappa shape index (κ2) is 31.2. The highest BCUT2D eigenvalue weighted by molar-refractivity contribution is 5.80. The molecular formula is C80H126O20. The Labute approximate surface area is 596 Å². The monoisotopic (exact) mass is 1410 g/mol. The largest absolute Gasteiger partial charge is 0.465 e. The lowest BCUT2D eigenvalue weighted by molar-refractivity contribution is -0.221. The van der Waals surface area contributed by atoms with Gasteiger partial charge in [0.25, 0.3) is 0 Å². The number of esters is 10. The van der Waals surface area contributed by atoms with Crippen molar-refractivity contribution in [3.05, 3.63) is 0 Å². The van der Waals surface area contributed by atoms with E-state index in [-0.39, 0.29) is 107 Å². The van der Waals surface area contributed by atoms with Crippen molar-refractivity contribution in [2.24, 2.45) is 85.8 Å². The molecular weight excluding hydrogens is 1280 g/mol. The van der Waals surface area contributed by atoms with Crippen LogP contribution >= 0.6 is 0 Å². The highest BCUT2D eigenvalue weighted by atomic mass is 16.6. The number of ether oxygens (including phenoxy) is 10. The van der Waals surface area contributed by atoms with Crippen LogP contribution in [0.3, 0.4) is 0 Å². The van der Waals surface area contributed by atoms with Crippen molar-refractivity contribution in [1.82, 2.24) is 0 Å². The van der Waals surface area contributed by atoms with E-state index in [1.54, 1.807) is 0 Å². The van der Waals surface area contributed by atoms with E-state index in [1.165, 1.54) is 0 Å². The summed E-state index contributed by atoms with van der Waals surface area (Å²) >= 11 is 0. The zero-order valence-corrected chi connectivity index (χ0v) is 64.3. The maximum Gasteiger partial charge on any atom is 0.312 e. The summed E-state index contributed by atoms with van der Waals surface area (Å²) in [7, 11) is 0. The molecule has 0 aromatic heterocycles. The molecule has 0 aromatic rings. The van der Waals surface area contributed by atoms with E-state index in [0.29, 0.717) is 87.9 Å². The maximum absolute atomic E-state index is 12.6. The van der Waals surface area contributed by atoms with Crippen LogP contribution in [0.4, 0.5) is 0 Å². The fourth-order valence-corrected chi connectivity index (χ4v) is 17.8. The van der Waals surface area contributed by atoms with E-state index >= 15 is 0 Å². The lowest BCUT2D eigenvalue weighted by atomic mass is 9.55. The van der Waals surface area contributed by atoms with Gasteiger partial charge in [-0.15, -0.1) is 0 Å². The molecule has 0 radical (unpaired) electrons. The van der Waals surface area contributed by atoms with Gasteiger partial charge in [-0.2, -0.15) is 0 Å². The first-order valence-electron chi connectivity index (χ1n) is 38.5. The molecule has 7 aliphatic carbocycles. The van der Waals surface area contributed by atoms with E-state index in [2.05, 4.69) is 6.92 Å². The van der Waals surface area contributed by atoms with Gasteiger partial charge in [0.15, 0.2) is 0 Å². The Balaban J connectivity index is 0.000000159. The molecule has 8 aliphatic heterocycles. The third-order valence-electron chi connectivity index (χ3n) is 25.7. The summed E-state index contributed by atoms with van der Waals surface area (Å²) < 4.78 is 55.7. The molecule has 15 rings (SSSR count). The first kappa shape index (κ1) is 80.4. The topological polar surface area (TPSA) is 263 Å². The van der Waals surface area contributed by atoms with Crippen molar-refractivity contribution in [3.8, 4) is 0 Å². The van der Waals surface area contributed by atoms with E-state index < -0.39 is 49.5 Å². The molecule has 14 bridgehead atoms. The lowest BCUT2D eigenvalue weighted by Crippen LogP contribution is -2.57. The van der Waals surface area contributed by atoms with Crippen molar-refractivity contribution in [2.75, 3.05) is 19.8 Å². The van der Waals surface area contributed by atoms with Crippen LogP contribution in [0, 0.1) is 85.8 Å². The molecule has 15 aliphatic rings. The molecule has 8 saturated heterocycles. The van der Waals surface area contributed by atoms with Crippen molar-refractivity contribution in [1.29, 1.82) is 0 Å². The average Bonchev–Trinajstić information content (AvgIpc) is 1.48. The molecule has 100 heavy (non-hydrogen) atoms. The van der Waals surface area contributed by atoms with Crippen molar-refractivity contribution < 1.29 is 95.3 Å². The number of cyclic esters (lactones) is 1. The number of hydrogen-bond donors (Lipinski definition) is 0. The molecule has 20 heteroatoms. The molecule has 8 heterocycles. The Bertz CT molecular complexity index is 2980. The molecule has 17 atom stereocenters. The minimum absolute atomic E-state index is 0.0265. The lowest BCUT2D eigenvalue weighted by Gasteiger charge is -2.54. The van der Waals surface area contributed by atoms with Crippen LogP contribution in [0.2, 0.25) is 0 Å². The SMILES string of the molecule is CCC(C)(C)C(=O)OC12CC3CC(C)(CC(C)(C1)OC3=O)C2.CCC(C)(C)C(=O)OC12CC3CC(C1)OC(=O)C(C3)C2.CCC(C)(C)C(=O)OC1CC2CCC1(C)OC2=O.CCC(C)(C)C(=O)OCCC1CC2CC(=O)OC(C1)C2.CCC(C)(C)C(=O)OCCC1CC2COC(=O)C(C1)C2. The van der Waals surface area contributed by atoms with Gasteiger partial charge in [0.05, 0.1) is 70.6 Å². The van der Waals surface area contributed by atoms with Crippen molar-refractivity contribution >= 4 is 59.7 Å². The molecule has 17 unspecified atom stereocenters. The Morgan fingerprint density at radius 1 is 0.450 bits per heavy atom. The van der Waals surface area contributed by atoms with Crippen molar-refractivity contribution in [3.63, 3.8) is 0 Å². The molecule has 20 nitrogen and oxygen atoms in total. The first-order valence-corrected chi connectivity index (χ1v) is 38.5. The third-order valence-corrected chi connectivity index (χ3v) is 25.7. The number of rotatable bonds is 19. The highest BCUT2D eigenvalue weighted by Crippen LogP contribution is 2.61. The Morgan fingerprint density at radius 3 is 1.54 bits per heavy atom. The summed E-state index contributed by atoms with van der Waals surface area (Å²) in [5.74, 6) is 1.19. The number of carbonyl (C=O) groups excluding carboxylic acids is 10. The van der Waals surface area contributed by atoms with Gasteiger partial charge in [-0.3, -0.25) is 47.9 Å². The molecule has 566 valence electrons. The summed E-state index contributed by atoms with van der Waals surface area (Å²) in [5.41, 5.74) is -4.26. The van der Waals surface area contributed by atoms with Crippen molar-refractivity contribution in [2.45, 2.75) is 339 Å². The van der Waals surface area contributed by atoms with Crippen LogP contribution in [0.15, 0.2) is 0 Å².